The molecule has 1 amide bonds. The van der Waals surface area contributed by atoms with Crippen LogP contribution in [-0.2, 0) is 4.74 Å². The van der Waals surface area contributed by atoms with Crippen LogP contribution >= 0.6 is 15.9 Å². The van der Waals surface area contributed by atoms with Crippen LogP contribution in [0, 0.1) is 0 Å². The third kappa shape index (κ3) is 3.99. The number of hydrogen-bond acceptors (Lipinski definition) is 4. The van der Waals surface area contributed by atoms with E-state index in [1.165, 1.54) is 0 Å². The van der Waals surface area contributed by atoms with Gasteiger partial charge in [0.2, 0.25) is 0 Å². The first kappa shape index (κ1) is 14.4. The van der Waals surface area contributed by atoms with Crippen LogP contribution in [0.4, 0.5) is 0 Å². The molecule has 1 aromatic rings. The van der Waals surface area contributed by atoms with Crippen molar-refractivity contribution >= 4 is 21.8 Å². The lowest BCUT2D eigenvalue weighted by Crippen LogP contribution is -2.47. The van der Waals surface area contributed by atoms with Crippen LogP contribution in [0.15, 0.2) is 22.8 Å². The van der Waals surface area contributed by atoms with E-state index in [-0.39, 0.29) is 12.0 Å². The van der Waals surface area contributed by atoms with Gasteiger partial charge in [-0.2, -0.15) is 0 Å². The Labute approximate surface area is 121 Å². The maximum absolute atomic E-state index is 12.0. The van der Waals surface area contributed by atoms with E-state index in [0.717, 1.165) is 26.2 Å². The number of halogens is 1. The van der Waals surface area contributed by atoms with Crippen LogP contribution in [0.2, 0.25) is 0 Å². The molecule has 0 aromatic carbocycles. The number of carbonyl (C=O) groups is 1. The average Bonchev–Trinajstić information content (AvgIpc) is 2.45. The Kier molecular flexibility index (Phi) is 5.30. The average molecular weight is 328 g/mol. The summed E-state index contributed by atoms with van der Waals surface area (Å²) in [6.45, 7) is 6.21. The Morgan fingerprint density at radius 2 is 2.53 bits per heavy atom. The predicted molar refractivity (Wildman–Crippen MR) is 76.1 cm³/mol. The largest absolute Gasteiger partial charge is 0.374 e. The second-order valence-electron chi connectivity index (χ2n) is 4.43. The number of nitrogens with zero attached hydrogens (tertiary/aromatic N) is 2. The molecule has 2 heterocycles. The van der Waals surface area contributed by atoms with Gasteiger partial charge >= 0.3 is 0 Å². The summed E-state index contributed by atoms with van der Waals surface area (Å²) in [6, 6.07) is 3.59. The number of rotatable bonds is 4. The summed E-state index contributed by atoms with van der Waals surface area (Å²) < 4.78 is 6.34. The fraction of sp³-hybridized carbons (Fsp3) is 0.538. The molecule has 1 N–H and O–H groups in total. The van der Waals surface area contributed by atoms with Crippen LogP contribution in [0.25, 0.3) is 0 Å². The SMILES string of the molecule is CCN1CCOC(CNC(=O)c2ncccc2Br)C1. The highest BCUT2D eigenvalue weighted by molar-refractivity contribution is 9.10. The minimum Gasteiger partial charge on any atom is -0.374 e. The molecule has 104 valence electrons. The fourth-order valence-electron chi connectivity index (χ4n) is 2.03. The van der Waals surface area contributed by atoms with Crippen molar-refractivity contribution in [2.75, 3.05) is 32.8 Å². The zero-order valence-electron chi connectivity index (χ0n) is 10.9. The molecule has 0 saturated carbocycles. The molecule has 2 rings (SSSR count). The van der Waals surface area contributed by atoms with Gasteiger partial charge in [0.25, 0.3) is 5.91 Å². The second kappa shape index (κ2) is 6.98. The van der Waals surface area contributed by atoms with E-state index >= 15 is 0 Å². The van der Waals surface area contributed by atoms with E-state index < -0.39 is 0 Å². The maximum atomic E-state index is 12.0. The monoisotopic (exact) mass is 327 g/mol. The van der Waals surface area contributed by atoms with Crippen molar-refractivity contribution in [1.29, 1.82) is 0 Å². The Morgan fingerprint density at radius 1 is 1.68 bits per heavy atom. The standard InChI is InChI=1S/C13H18BrN3O2/c1-2-17-6-7-19-10(9-17)8-16-13(18)12-11(14)4-3-5-15-12/h3-5,10H,2,6-9H2,1H3,(H,16,18). The van der Waals surface area contributed by atoms with Crippen LogP contribution in [0.5, 0.6) is 0 Å². The van der Waals surface area contributed by atoms with Gasteiger partial charge in [-0.3, -0.25) is 9.69 Å². The Morgan fingerprint density at radius 3 is 3.26 bits per heavy atom. The van der Waals surface area contributed by atoms with Gasteiger partial charge in [-0.25, -0.2) is 4.98 Å². The number of hydrogen-bond donors (Lipinski definition) is 1. The highest BCUT2D eigenvalue weighted by Crippen LogP contribution is 2.13. The molecule has 1 saturated heterocycles. The number of pyridine rings is 1. The summed E-state index contributed by atoms with van der Waals surface area (Å²) in [7, 11) is 0. The molecule has 0 radical (unpaired) electrons. The molecular weight excluding hydrogens is 310 g/mol. The van der Waals surface area contributed by atoms with Crippen LogP contribution in [0.3, 0.4) is 0 Å². The fourth-order valence-corrected chi connectivity index (χ4v) is 2.47. The van der Waals surface area contributed by atoms with E-state index in [1.54, 1.807) is 18.3 Å². The zero-order chi connectivity index (χ0) is 13.7. The third-order valence-electron chi connectivity index (χ3n) is 3.13. The Balaban J connectivity index is 1.85. The van der Waals surface area contributed by atoms with Crippen molar-refractivity contribution in [3.05, 3.63) is 28.5 Å². The van der Waals surface area contributed by atoms with Gasteiger partial charge in [-0.1, -0.05) is 6.92 Å². The normalized spacial score (nSPS) is 20.2. The minimum absolute atomic E-state index is 0.0557. The molecule has 0 bridgehead atoms. The first-order chi connectivity index (χ1) is 9.20. The first-order valence-corrected chi connectivity index (χ1v) is 7.22. The molecule has 1 aliphatic rings. The minimum atomic E-state index is -0.176. The van der Waals surface area contributed by atoms with Gasteiger partial charge < -0.3 is 10.1 Å². The highest BCUT2D eigenvalue weighted by atomic mass is 79.9. The number of aromatic nitrogens is 1. The number of likely N-dealkylation sites (N-methyl/N-ethyl adjacent to an activating group) is 1. The molecule has 19 heavy (non-hydrogen) atoms. The molecule has 1 aromatic heterocycles. The van der Waals surface area contributed by atoms with Crippen LogP contribution < -0.4 is 5.32 Å². The van der Waals surface area contributed by atoms with Crippen molar-refractivity contribution in [2.24, 2.45) is 0 Å². The predicted octanol–water partition coefficient (Wildman–Crippen LogP) is 1.29. The zero-order valence-corrected chi connectivity index (χ0v) is 12.5. The molecule has 1 aliphatic heterocycles. The molecule has 1 atom stereocenters. The summed E-state index contributed by atoms with van der Waals surface area (Å²) in [4.78, 5) is 18.4. The lowest BCUT2D eigenvalue weighted by atomic mass is 10.2. The van der Waals surface area contributed by atoms with Crippen molar-refractivity contribution < 1.29 is 9.53 Å². The van der Waals surface area contributed by atoms with Gasteiger partial charge in [0.05, 0.1) is 12.7 Å². The van der Waals surface area contributed by atoms with Gasteiger partial charge in [0.1, 0.15) is 5.69 Å². The molecular formula is C13H18BrN3O2. The van der Waals surface area contributed by atoms with Crippen molar-refractivity contribution in [1.82, 2.24) is 15.2 Å². The number of amides is 1. The first-order valence-electron chi connectivity index (χ1n) is 6.43. The van der Waals surface area contributed by atoms with Crippen LogP contribution in [0.1, 0.15) is 17.4 Å². The molecule has 1 unspecified atom stereocenters. The summed E-state index contributed by atoms with van der Waals surface area (Å²) in [5, 5.41) is 2.87. The highest BCUT2D eigenvalue weighted by Gasteiger charge is 2.20. The quantitative estimate of drug-likeness (QED) is 0.905. The second-order valence-corrected chi connectivity index (χ2v) is 5.28. The lowest BCUT2D eigenvalue weighted by Gasteiger charge is -2.32. The number of ether oxygens (including phenoxy) is 1. The van der Waals surface area contributed by atoms with Crippen molar-refractivity contribution in [3.8, 4) is 0 Å². The smallest absolute Gasteiger partial charge is 0.271 e. The van der Waals surface area contributed by atoms with Gasteiger partial charge in [-0.05, 0) is 34.6 Å². The van der Waals surface area contributed by atoms with E-state index in [1.807, 2.05) is 0 Å². The lowest BCUT2D eigenvalue weighted by molar-refractivity contribution is -0.0246. The van der Waals surface area contributed by atoms with E-state index in [4.69, 9.17) is 4.74 Å². The molecule has 5 nitrogen and oxygen atoms in total. The molecule has 1 fully saturated rings. The maximum Gasteiger partial charge on any atom is 0.271 e. The summed E-state index contributed by atoms with van der Waals surface area (Å²) in [6.07, 6.45) is 1.66. The number of carbonyl (C=O) groups excluding carboxylic acids is 1. The topological polar surface area (TPSA) is 54.5 Å². The summed E-state index contributed by atoms with van der Waals surface area (Å²) in [5.74, 6) is -0.176. The Bertz CT molecular complexity index is 442. The van der Waals surface area contributed by atoms with E-state index in [2.05, 4.69) is 38.1 Å². The third-order valence-corrected chi connectivity index (χ3v) is 3.77. The number of morpholine rings is 1. The van der Waals surface area contributed by atoms with Gasteiger partial charge in [0.15, 0.2) is 0 Å². The van der Waals surface area contributed by atoms with Gasteiger partial charge in [0, 0.05) is 30.3 Å². The summed E-state index contributed by atoms with van der Waals surface area (Å²) in [5.41, 5.74) is 0.408. The van der Waals surface area contributed by atoms with Gasteiger partial charge in [-0.15, -0.1) is 0 Å². The molecule has 0 spiro atoms. The number of nitrogens with one attached hydrogen (secondary N) is 1. The van der Waals surface area contributed by atoms with E-state index in [9.17, 15) is 4.79 Å². The van der Waals surface area contributed by atoms with E-state index in [0.29, 0.717) is 16.7 Å². The Hall–Kier alpha value is -0.980. The summed E-state index contributed by atoms with van der Waals surface area (Å²) >= 11 is 3.32. The molecule has 6 heteroatoms. The molecule has 0 aliphatic carbocycles. The van der Waals surface area contributed by atoms with Crippen LogP contribution in [-0.4, -0.2) is 54.7 Å². The van der Waals surface area contributed by atoms with Crippen molar-refractivity contribution in [2.45, 2.75) is 13.0 Å². The van der Waals surface area contributed by atoms with Crippen molar-refractivity contribution in [3.63, 3.8) is 0 Å².